The van der Waals surface area contributed by atoms with Crippen molar-refractivity contribution in [1.82, 2.24) is 9.55 Å². The van der Waals surface area contributed by atoms with E-state index in [9.17, 15) is 23.8 Å². The van der Waals surface area contributed by atoms with E-state index in [-0.39, 0.29) is 23.6 Å². The fourth-order valence-electron chi connectivity index (χ4n) is 2.36. The highest BCUT2D eigenvalue weighted by Crippen LogP contribution is 2.23. The lowest BCUT2D eigenvalue weighted by molar-refractivity contribution is 0.0686. The number of aromatic hydroxyl groups is 1. The van der Waals surface area contributed by atoms with E-state index >= 15 is 0 Å². The highest BCUT2D eigenvalue weighted by Gasteiger charge is 2.16. The van der Waals surface area contributed by atoms with Gasteiger partial charge in [0.1, 0.15) is 28.7 Å². The Kier molecular flexibility index (Phi) is 3.25. The number of carbonyl (C=O) groups is 1. The van der Waals surface area contributed by atoms with Crippen LogP contribution < -0.4 is 0 Å². The Morgan fingerprint density at radius 2 is 1.82 bits per heavy atom. The molecule has 112 valence electrons. The SMILES string of the molecule is O=C(O)c1cc2cc(O)cnc2n1Cc1cc(F)cc(F)c1. The third-order valence-electron chi connectivity index (χ3n) is 3.20. The fourth-order valence-corrected chi connectivity index (χ4v) is 2.36. The lowest BCUT2D eigenvalue weighted by atomic mass is 10.2. The molecule has 5 nitrogen and oxygen atoms in total. The van der Waals surface area contributed by atoms with Gasteiger partial charge in [-0.3, -0.25) is 0 Å². The zero-order valence-corrected chi connectivity index (χ0v) is 11.1. The number of rotatable bonds is 3. The Morgan fingerprint density at radius 1 is 1.14 bits per heavy atom. The molecule has 2 N–H and O–H groups in total. The van der Waals surface area contributed by atoms with Crippen LogP contribution >= 0.6 is 0 Å². The van der Waals surface area contributed by atoms with Crippen LogP contribution in [-0.4, -0.2) is 25.7 Å². The summed E-state index contributed by atoms with van der Waals surface area (Å²) < 4.78 is 27.9. The van der Waals surface area contributed by atoms with E-state index in [4.69, 9.17) is 0 Å². The molecule has 0 saturated carbocycles. The number of halogens is 2. The van der Waals surface area contributed by atoms with Crippen LogP contribution in [0.1, 0.15) is 16.1 Å². The molecule has 0 amide bonds. The van der Waals surface area contributed by atoms with Crippen molar-refractivity contribution in [2.45, 2.75) is 6.54 Å². The van der Waals surface area contributed by atoms with Gasteiger partial charge in [0.05, 0.1) is 12.7 Å². The molecule has 7 heteroatoms. The molecule has 2 heterocycles. The van der Waals surface area contributed by atoms with Gasteiger partial charge in [-0.1, -0.05) is 0 Å². The van der Waals surface area contributed by atoms with Gasteiger partial charge < -0.3 is 14.8 Å². The molecule has 0 saturated heterocycles. The average molecular weight is 304 g/mol. The van der Waals surface area contributed by atoms with Crippen LogP contribution in [-0.2, 0) is 6.54 Å². The van der Waals surface area contributed by atoms with Crippen molar-refractivity contribution in [2.75, 3.05) is 0 Å². The Balaban J connectivity index is 2.16. The van der Waals surface area contributed by atoms with Gasteiger partial charge in [-0.05, 0) is 29.8 Å². The van der Waals surface area contributed by atoms with Crippen molar-refractivity contribution in [3.8, 4) is 5.75 Å². The zero-order chi connectivity index (χ0) is 15.9. The molecular formula is C15H10F2N2O3. The Labute approximate surface area is 123 Å². The van der Waals surface area contributed by atoms with Crippen molar-refractivity contribution in [3.05, 3.63) is 59.4 Å². The number of benzene rings is 1. The minimum Gasteiger partial charge on any atom is -0.506 e. The smallest absolute Gasteiger partial charge is 0.352 e. The largest absolute Gasteiger partial charge is 0.506 e. The maximum atomic E-state index is 13.3. The second-order valence-corrected chi connectivity index (χ2v) is 4.80. The molecule has 0 atom stereocenters. The molecule has 22 heavy (non-hydrogen) atoms. The van der Waals surface area contributed by atoms with Crippen molar-refractivity contribution in [1.29, 1.82) is 0 Å². The van der Waals surface area contributed by atoms with E-state index in [1.807, 2.05) is 0 Å². The van der Waals surface area contributed by atoms with Gasteiger partial charge >= 0.3 is 5.97 Å². The molecule has 0 unspecified atom stereocenters. The summed E-state index contributed by atoms with van der Waals surface area (Å²) in [6.07, 6.45) is 1.18. The topological polar surface area (TPSA) is 75.3 Å². The number of nitrogens with zero attached hydrogens (tertiary/aromatic N) is 2. The number of hydrogen-bond acceptors (Lipinski definition) is 3. The summed E-state index contributed by atoms with van der Waals surface area (Å²) in [5, 5.41) is 19.1. The number of pyridine rings is 1. The first-order valence-corrected chi connectivity index (χ1v) is 6.30. The summed E-state index contributed by atoms with van der Waals surface area (Å²) in [6, 6.07) is 5.71. The predicted molar refractivity (Wildman–Crippen MR) is 73.8 cm³/mol. The van der Waals surface area contributed by atoms with E-state index in [2.05, 4.69) is 4.98 Å². The summed E-state index contributed by atoms with van der Waals surface area (Å²) in [6.45, 7) is -0.0579. The first-order chi connectivity index (χ1) is 10.4. The second kappa shape index (κ2) is 5.10. The number of aromatic nitrogens is 2. The standard InChI is InChI=1S/C15H10F2N2O3/c16-10-1-8(2-11(17)5-10)7-19-13(15(21)22)4-9-3-12(20)6-18-14(9)19/h1-6,20H,7H2,(H,21,22). The van der Waals surface area contributed by atoms with E-state index in [1.165, 1.54) is 22.9 Å². The van der Waals surface area contributed by atoms with Gasteiger partial charge in [0.25, 0.3) is 0 Å². The van der Waals surface area contributed by atoms with Crippen LogP contribution in [0.2, 0.25) is 0 Å². The second-order valence-electron chi connectivity index (χ2n) is 4.80. The van der Waals surface area contributed by atoms with Gasteiger partial charge in [0.2, 0.25) is 0 Å². The van der Waals surface area contributed by atoms with E-state index < -0.39 is 17.6 Å². The quantitative estimate of drug-likeness (QED) is 0.780. The van der Waals surface area contributed by atoms with Gasteiger partial charge in [-0.25, -0.2) is 18.6 Å². The van der Waals surface area contributed by atoms with Crippen LogP contribution in [0.3, 0.4) is 0 Å². The van der Waals surface area contributed by atoms with Gasteiger partial charge in [0, 0.05) is 11.5 Å². The number of carboxylic acid groups (broad SMARTS) is 1. The Bertz CT molecular complexity index is 870. The van der Waals surface area contributed by atoms with Crippen LogP contribution in [0.5, 0.6) is 5.75 Å². The molecule has 3 rings (SSSR count). The van der Waals surface area contributed by atoms with Gasteiger partial charge in [0.15, 0.2) is 0 Å². The molecule has 0 spiro atoms. The molecule has 0 aliphatic rings. The average Bonchev–Trinajstić information content (AvgIpc) is 2.75. The molecular weight excluding hydrogens is 294 g/mol. The molecule has 3 aromatic rings. The summed E-state index contributed by atoms with van der Waals surface area (Å²) in [7, 11) is 0. The lowest BCUT2D eigenvalue weighted by Gasteiger charge is -2.08. The monoisotopic (exact) mass is 304 g/mol. The minimum atomic E-state index is -1.20. The van der Waals surface area contributed by atoms with E-state index in [0.29, 0.717) is 11.0 Å². The van der Waals surface area contributed by atoms with E-state index in [1.54, 1.807) is 0 Å². The summed E-state index contributed by atoms with van der Waals surface area (Å²) in [5.41, 5.74) is 0.491. The lowest BCUT2D eigenvalue weighted by Crippen LogP contribution is -2.10. The number of carboxylic acids is 1. The van der Waals surface area contributed by atoms with Crippen molar-refractivity contribution in [2.24, 2.45) is 0 Å². The molecule has 0 radical (unpaired) electrons. The summed E-state index contributed by atoms with van der Waals surface area (Å²) in [4.78, 5) is 15.3. The number of hydrogen-bond donors (Lipinski definition) is 2. The van der Waals surface area contributed by atoms with Crippen molar-refractivity contribution < 1.29 is 23.8 Å². The van der Waals surface area contributed by atoms with Crippen LogP contribution in [0.4, 0.5) is 8.78 Å². The molecule has 0 fully saturated rings. The van der Waals surface area contributed by atoms with E-state index in [0.717, 1.165) is 18.2 Å². The molecule has 1 aromatic carbocycles. The number of aromatic carboxylic acids is 1. The first-order valence-electron chi connectivity index (χ1n) is 6.30. The Hall–Kier alpha value is -2.96. The molecule has 0 aliphatic carbocycles. The highest BCUT2D eigenvalue weighted by atomic mass is 19.1. The van der Waals surface area contributed by atoms with Gasteiger partial charge in [-0.15, -0.1) is 0 Å². The third-order valence-corrected chi connectivity index (χ3v) is 3.20. The molecule has 2 aromatic heterocycles. The number of fused-ring (bicyclic) bond motifs is 1. The Morgan fingerprint density at radius 3 is 2.45 bits per heavy atom. The molecule has 0 bridgehead atoms. The first kappa shape index (κ1) is 14.0. The maximum Gasteiger partial charge on any atom is 0.352 e. The fraction of sp³-hybridized carbons (Fsp3) is 0.0667. The summed E-state index contributed by atoms with van der Waals surface area (Å²) >= 11 is 0. The third kappa shape index (κ3) is 2.48. The highest BCUT2D eigenvalue weighted by molar-refractivity contribution is 5.93. The van der Waals surface area contributed by atoms with Crippen molar-refractivity contribution in [3.63, 3.8) is 0 Å². The minimum absolute atomic E-state index is 0.0579. The maximum absolute atomic E-state index is 13.3. The van der Waals surface area contributed by atoms with Crippen LogP contribution in [0.15, 0.2) is 36.5 Å². The van der Waals surface area contributed by atoms with Gasteiger partial charge in [-0.2, -0.15) is 0 Å². The molecule has 0 aliphatic heterocycles. The zero-order valence-electron chi connectivity index (χ0n) is 11.1. The van der Waals surface area contributed by atoms with Crippen LogP contribution in [0, 0.1) is 11.6 Å². The van der Waals surface area contributed by atoms with Crippen LogP contribution in [0.25, 0.3) is 11.0 Å². The van der Waals surface area contributed by atoms with Crippen molar-refractivity contribution >= 4 is 17.0 Å². The predicted octanol–water partition coefficient (Wildman–Crippen LogP) is 2.77. The normalized spacial score (nSPS) is 11.0. The summed E-state index contributed by atoms with van der Waals surface area (Å²) in [5.74, 6) is -2.78.